The molecule has 2 amide bonds. The van der Waals surface area contributed by atoms with Gasteiger partial charge in [0, 0.05) is 48.7 Å². The first-order valence-electron chi connectivity index (χ1n) is 14.5. The lowest BCUT2D eigenvalue weighted by atomic mass is 10.0. The molecule has 1 aliphatic rings. The van der Waals surface area contributed by atoms with Gasteiger partial charge in [-0.3, -0.25) is 9.59 Å². The van der Waals surface area contributed by atoms with E-state index in [4.69, 9.17) is 4.99 Å². The number of amides is 2. The van der Waals surface area contributed by atoms with Crippen molar-refractivity contribution in [2.24, 2.45) is 10.9 Å². The normalized spacial score (nSPS) is 15.9. The molecular weight excluding hydrogens is 574 g/mol. The predicted molar refractivity (Wildman–Crippen MR) is 176 cm³/mol. The third kappa shape index (κ3) is 6.22. The molecule has 1 heterocycles. The van der Waals surface area contributed by atoms with Gasteiger partial charge in [-0.15, -0.1) is 0 Å². The number of para-hydroxylation sites is 1. The number of carbonyl (C=O) groups excluding carboxylic acids is 2. The molecule has 0 radical (unpaired) electrons. The van der Waals surface area contributed by atoms with Gasteiger partial charge in [-0.2, -0.15) is 4.72 Å². The van der Waals surface area contributed by atoms with Crippen LogP contribution in [0.1, 0.15) is 31.4 Å². The Morgan fingerprint density at radius 3 is 2.27 bits per heavy atom. The summed E-state index contributed by atoms with van der Waals surface area (Å²) in [5.74, 6) is -1.10. The van der Waals surface area contributed by atoms with Crippen LogP contribution in [0, 0.1) is 5.92 Å². The largest absolute Gasteiger partial charge is 0.377 e. The van der Waals surface area contributed by atoms with E-state index in [-0.39, 0.29) is 17.2 Å². The molecule has 2 atom stereocenters. The van der Waals surface area contributed by atoms with Crippen LogP contribution in [-0.4, -0.2) is 59.3 Å². The molecule has 0 spiro atoms. The fourth-order valence-corrected chi connectivity index (χ4v) is 6.93. The summed E-state index contributed by atoms with van der Waals surface area (Å²) < 4.78 is 30.4. The van der Waals surface area contributed by atoms with Crippen molar-refractivity contribution >= 4 is 49.7 Å². The third-order valence-electron chi connectivity index (χ3n) is 7.62. The molecule has 44 heavy (non-hydrogen) atoms. The maximum atomic E-state index is 13.9. The van der Waals surface area contributed by atoms with Crippen molar-refractivity contribution in [1.29, 1.82) is 0 Å². The highest BCUT2D eigenvalue weighted by Gasteiger charge is 2.34. The number of benzodiazepines with no additional fused rings is 1. The Bertz CT molecular complexity index is 1840. The van der Waals surface area contributed by atoms with Crippen molar-refractivity contribution < 1.29 is 18.0 Å². The van der Waals surface area contributed by atoms with E-state index in [0.717, 1.165) is 22.2 Å². The zero-order valence-corrected chi connectivity index (χ0v) is 26.3. The van der Waals surface area contributed by atoms with Crippen LogP contribution in [0.15, 0.2) is 101 Å². The molecule has 0 aromatic heterocycles. The summed E-state index contributed by atoms with van der Waals surface area (Å²) in [5, 5.41) is 4.09. The Labute approximate surface area is 258 Å². The standard InChI is InChI=1S/C34H37N5O4S/c1-22(2)21-27(37-44(42,43)30-20-12-16-24-25(30)17-11-19-28(24)38(3)4)33(40)36-32-34(41)39(5)29-18-10-9-15-26(29)31(35-32)23-13-7-6-8-14-23/h6-20,22,27,32,37H,21H2,1-5H3,(H,36,40). The molecule has 2 N–H and O–H groups in total. The molecule has 0 bridgehead atoms. The highest BCUT2D eigenvalue weighted by Crippen LogP contribution is 2.31. The minimum absolute atomic E-state index is 0.0264. The van der Waals surface area contributed by atoms with E-state index in [9.17, 15) is 18.0 Å². The first-order chi connectivity index (χ1) is 21.0. The van der Waals surface area contributed by atoms with Crippen LogP contribution in [0.4, 0.5) is 11.4 Å². The number of sulfonamides is 1. The number of anilines is 2. The molecule has 0 saturated carbocycles. The van der Waals surface area contributed by atoms with Crippen molar-refractivity contribution in [2.75, 3.05) is 30.9 Å². The topological polar surface area (TPSA) is 111 Å². The molecule has 5 rings (SSSR count). The fraction of sp³-hybridized carbons (Fsp3) is 0.265. The van der Waals surface area contributed by atoms with Crippen molar-refractivity contribution in [1.82, 2.24) is 10.0 Å². The number of carbonyl (C=O) groups is 2. The summed E-state index contributed by atoms with van der Waals surface area (Å²) in [6.07, 6.45) is -1.06. The van der Waals surface area contributed by atoms with Crippen LogP contribution in [0.3, 0.4) is 0 Å². The summed E-state index contributed by atoms with van der Waals surface area (Å²) in [5.41, 5.74) is 3.62. The quantitative estimate of drug-likeness (QED) is 0.289. The second-order valence-corrected chi connectivity index (χ2v) is 13.2. The van der Waals surface area contributed by atoms with Gasteiger partial charge >= 0.3 is 0 Å². The molecule has 0 fully saturated rings. The molecule has 4 aromatic rings. The molecule has 0 saturated heterocycles. The van der Waals surface area contributed by atoms with Crippen LogP contribution in [0.25, 0.3) is 10.8 Å². The number of fused-ring (bicyclic) bond motifs is 2. The Hall–Kier alpha value is -4.54. The Balaban J connectivity index is 1.50. The average Bonchev–Trinajstić information content (AvgIpc) is 3.10. The van der Waals surface area contributed by atoms with E-state index in [1.165, 1.54) is 11.0 Å². The van der Waals surface area contributed by atoms with Gasteiger partial charge in [0.05, 0.1) is 16.3 Å². The van der Waals surface area contributed by atoms with Gasteiger partial charge < -0.3 is 15.1 Å². The molecule has 10 heteroatoms. The lowest BCUT2D eigenvalue weighted by Gasteiger charge is -2.24. The van der Waals surface area contributed by atoms with Gasteiger partial charge in [0.2, 0.25) is 22.1 Å². The lowest BCUT2D eigenvalue weighted by molar-refractivity contribution is -0.128. The molecule has 228 valence electrons. The summed E-state index contributed by atoms with van der Waals surface area (Å²) in [7, 11) is 1.28. The zero-order valence-electron chi connectivity index (χ0n) is 25.5. The van der Waals surface area contributed by atoms with E-state index >= 15 is 0 Å². The van der Waals surface area contributed by atoms with Crippen LogP contribution in [0.5, 0.6) is 0 Å². The van der Waals surface area contributed by atoms with Crippen LogP contribution < -0.4 is 19.8 Å². The van der Waals surface area contributed by atoms with E-state index in [2.05, 4.69) is 10.0 Å². The van der Waals surface area contributed by atoms with E-state index in [1.807, 2.05) is 106 Å². The number of nitrogens with one attached hydrogen (secondary N) is 2. The van der Waals surface area contributed by atoms with Gasteiger partial charge in [0.25, 0.3) is 5.91 Å². The molecule has 1 aliphatic heterocycles. The smallest absolute Gasteiger partial charge is 0.272 e. The number of likely N-dealkylation sites (N-methyl/N-ethyl adjacent to an activating group) is 1. The Morgan fingerprint density at radius 2 is 1.57 bits per heavy atom. The third-order valence-corrected chi connectivity index (χ3v) is 9.15. The lowest BCUT2D eigenvalue weighted by Crippen LogP contribution is -2.53. The zero-order chi connectivity index (χ0) is 31.6. The van der Waals surface area contributed by atoms with Crippen molar-refractivity contribution in [3.05, 3.63) is 102 Å². The molecular formula is C34H37N5O4S. The second kappa shape index (κ2) is 12.6. The second-order valence-electron chi connectivity index (χ2n) is 11.5. The number of aliphatic imine (C=N–C) groups is 1. The van der Waals surface area contributed by atoms with Crippen LogP contribution in [-0.2, 0) is 19.6 Å². The van der Waals surface area contributed by atoms with Crippen LogP contribution in [0.2, 0.25) is 0 Å². The van der Waals surface area contributed by atoms with Gasteiger partial charge in [-0.1, -0.05) is 86.6 Å². The van der Waals surface area contributed by atoms with Crippen LogP contribution >= 0.6 is 0 Å². The summed E-state index contributed by atoms with van der Waals surface area (Å²) in [4.78, 5) is 35.7. The minimum Gasteiger partial charge on any atom is -0.377 e. The average molecular weight is 612 g/mol. The molecule has 9 nitrogen and oxygen atoms in total. The molecule has 2 unspecified atom stereocenters. The SMILES string of the molecule is CC(C)CC(NS(=O)(=O)c1cccc2c(N(C)C)cccc12)C(=O)NC1N=C(c2ccccc2)c2ccccc2N(C)C1=O. The van der Waals surface area contributed by atoms with Crippen molar-refractivity contribution in [3.63, 3.8) is 0 Å². The van der Waals surface area contributed by atoms with Gasteiger partial charge in [0.1, 0.15) is 6.04 Å². The molecule has 0 aliphatic carbocycles. The van der Waals surface area contributed by atoms with E-state index in [1.54, 1.807) is 19.2 Å². The highest BCUT2D eigenvalue weighted by molar-refractivity contribution is 7.89. The summed E-state index contributed by atoms with van der Waals surface area (Å²) in [6.45, 7) is 3.81. The maximum Gasteiger partial charge on any atom is 0.272 e. The number of benzene rings is 4. The predicted octanol–water partition coefficient (Wildman–Crippen LogP) is 4.56. The monoisotopic (exact) mass is 611 g/mol. The first kappa shape index (κ1) is 30.9. The number of hydrogen-bond donors (Lipinski definition) is 2. The van der Waals surface area contributed by atoms with Crippen molar-refractivity contribution in [3.8, 4) is 0 Å². The number of hydrogen-bond acceptors (Lipinski definition) is 6. The fourth-order valence-electron chi connectivity index (χ4n) is 5.50. The van der Waals surface area contributed by atoms with E-state index < -0.39 is 34.0 Å². The van der Waals surface area contributed by atoms with Gasteiger partial charge in [-0.25, -0.2) is 13.4 Å². The number of rotatable bonds is 9. The minimum atomic E-state index is -4.15. The summed E-state index contributed by atoms with van der Waals surface area (Å²) in [6, 6.07) is 26.3. The molecule has 4 aromatic carbocycles. The maximum absolute atomic E-state index is 13.9. The first-order valence-corrected chi connectivity index (χ1v) is 16.0. The van der Waals surface area contributed by atoms with E-state index in [0.29, 0.717) is 16.8 Å². The Kier molecular flexibility index (Phi) is 8.85. The van der Waals surface area contributed by atoms with Crippen molar-refractivity contribution in [2.45, 2.75) is 37.4 Å². The van der Waals surface area contributed by atoms with Gasteiger partial charge in [0.15, 0.2) is 0 Å². The number of nitrogens with zero attached hydrogens (tertiary/aromatic N) is 3. The highest BCUT2D eigenvalue weighted by atomic mass is 32.2. The summed E-state index contributed by atoms with van der Waals surface area (Å²) >= 11 is 0. The Morgan fingerprint density at radius 1 is 0.909 bits per heavy atom. The van der Waals surface area contributed by atoms with Gasteiger partial charge in [-0.05, 0) is 30.5 Å².